The molecule has 0 spiro atoms. The molecule has 16 heavy (non-hydrogen) atoms. The molecular formula is C10H14N4O2. The molecule has 1 aromatic rings. The van der Waals surface area contributed by atoms with Crippen molar-refractivity contribution in [3.05, 3.63) is 18.1 Å². The fraction of sp³-hybridized carbons (Fsp3) is 0.500. The Bertz CT molecular complexity index is 360. The molecule has 0 bridgehead atoms. The van der Waals surface area contributed by atoms with Crippen LogP contribution in [0.2, 0.25) is 0 Å². The van der Waals surface area contributed by atoms with Gasteiger partial charge in [0.2, 0.25) is 0 Å². The lowest BCUT2D eigenvalue weighted by molar-refractivity contribution is 0.0298. The lowest BCUT2D eigenvalue weighted by atomic mass is 10.3. The van der Waals surface area contributed by atoms with E-state index in [1.54, 1.807) is 18.1 Å². The second kappa shape index (κ2) is 4.89. The summed E-state index contributed by atoms with van der Waals surface area (Å²) >= 11 is 0. The molecule has 0 atom stereocenters. The van der Waals surface area contributed by atoms with Gasteiger partial charge < -0.3 is 15.0 Å². The average Bonchev–Trinajstić information content (AvgIpc) is 2.39. The average molecular weight is 222 g/mol. The minimum atomic E-state index is -0.0848. The maximum absolute atomic E-state index is 11.9. The number of amides is 1. The normalized spacial score (nSPS) is 15.9. The van der Waals surface area contributed by atoms with Gasteiger partial charge in [0.05, 0.1) is 25.6 Å². The van der Waals surface area contributed by atoms with Gasteiger partial charge in [0.1, 0.15) is 11.5 Å². The molecule has 2 heterocycles. The number of carbonyl (C=O) groups excluding carboxylic acids is 1. The van der Waals surface area contributed by atoms with E-state index >= 15 is 0 Å². The van der Waals surface area contributed by atoms with Gasteiger partial charge in [0.25, 0.3) is 5.91 Å². The highest BCUT2D eigenvalue weighted by atomic mass is 16.5. The zero-order chi connectivity index (χ0) is 11.4. The van der Waals surface area contributed by atoms with E-state index in [-0.39, 0.29) is 5.91 Å². The van der Waals surface area contributed by atoms with Crippen LogP contribution in [-0.4, -0.2) is 54.1 Å². The third-order valence-corrected chi connectivity index (χ3v) is 2.43. The zero-order valence-corrected chi connectivity index (χ0v) is 9.14. The topological polar surface area (TPSA) is 67.4 Å². The van der Waals surface area contributed by atoms with Gasteiger partial charge in [-0.25, -0.2) is 9.97 Å². The Hall–Kier alpha value is -1.69. The van der Waals surface area contributed by atoms with Crippen molar-refractivity contribution < 1.29 is 9.53 Å². The lowest BCUT2D eigenvalue weighted by Crippen LogP contribution is -2.41. The number of hydrogen-bond acceptors (Lipinski definition) is 5. The summed E-state index contributed by atoms with van der Waals surface area (Å²) in [5.41, 5.74) is 0.376. The summed E-state index contributed by atoms with van der Waals surface area (Å²) in [5.74, 6) is 0.567. The van der Waals surface area contributed by atoms with Crippen LogP contribution in [0.15, 0.2) is 12.4 Å². The Labute approximate surface area is 93.6 Å². The SMILES string of the molecule is CNc1cnc(C(=O)N2CCOCC2)cn1. The molecule has 1 fully saturated rings. The molecule has 86 valence electrons. The first-order valence-corrected chi connectivity index (χ1v) is 5.18. The standard InChI is InChI=1S/C10H14N4O2/c1-11-9-7-12-8(6-13-9)10(15)14-2-4-16-5-3-14/h6-7H,2-5H2,1H3,(H,11,13). The van der Waals surface area contributed by atoms with Crippen molar-refractivity contribution in [2.45, 2.75) is 0 Å². The summed E-state index contributed by atoms with van der Waals surface area (Å²) in [5, 5.41) is 2.85. The Morgan fingerprint density at radius 3 is 2.69 bits per heavy atom. The molecule has 1 aliphatic heterocycles. The van der Waals surface area contributed by atoms with Gasteiger partial charge in [-0.2, -0.15) is 0 Å². The maximum atomic E-state index is 11.9. The number of morpholine rings is 1. The second-order valence-electron chi connectivity index (χ2n) is 3.44. The summed E-state index contributed by atoms with van der Waals surface area (Å²) in [6, 6.07) is 0. The summed E-state index contributed by atoms with van der Waals surface area (Å²) in [4.78, 5) is 21.8. The molecule has 1 N–H and O–H groups in total. The van der Waals surface area contributed by atoms with Gasteiger partial charge >= 0.3 is 0 Å². The number of carbonyl (C=O) groups is 1. The molecule has 0 saturated carbocycles. The van der Waals surface area contributed by atoms with Crippen LogP contribution in [0.4, 0.5) is 5.82 Å². The first-order chi connectivity index (χ1) is 7.81. The summed E-state index contributed by atoms with van der Waals surface area (Å²) in [6.45, 7) is 2.42. The van der Waals surface area contributed by atoms with E-state index in [1.807, 2.05) is 0 Å². The van der Waals surface area contributed by atoms with Crippen LogP contribution in [-0.2, 0) is 4.74 Å². The Morgan fingerprint density at radius 2 is 2.12 bits per heavy atom. The maximum Gasteiger partial charge on any atom is 0.274 e. The van der Waals surface area contributed by atoms with Crippen molar-refractivity contribution >= 4 is 11.7 Å². The monoisotopic (exact) mass is 222 g/mol. The van der Waals surface area contributed by atoms with Crippen molar-refractivity contribution in [1.82, 2.24) is 14.9 Å². The fourth-order valence-electron chi connectivity index (χ4n) is 1.50. The number of hydrogen-bond donors (Lipinski definition) is 1. The molecule has 6 heteroatoms. The van der Waals surface area contributed by atoms with E-state index in [1.165, 1.54) is 6.20 Å². The van der Waals surface area contributed by atoms with Gasteiger partial charge in [-0.1, -0.05) is 0 Å². The van der Waals surface area contributed by atoms with Crippen molar-refractivity contribution in [3.63, 3.8) is 0 Å². The molecule has 1 aliphatic rings. The van der Waals surface area contributed by atoms with Crippen LogP contribution >= 0.6 is 0 Å². The molecule has 0 radical (unpaired) electrons. The number of nitrogens with one attached hydrogen (secondary N) is 1. The molecule has 0 aliphatic carbocycles. The van der Waals surface area contributed by atoms with Gasteiger partial charge in [-0.05, 0) is 0 Å². The minimum absolute atomic E-state index is 0.0848. The largest absolute Gasteiger partial charge is 0.378 e. The fourth-order valence-corrected chi connectivity index (χ4v) is 1.50. The minimum Gasteiger partial charge on any atom is -0.378 e. The van der Waals surface area contributed by atoms with Crippen molar-refractivity contribution in [1.29, 1.82) is 0 Å². The van der Waals surface area contributed by atoms with Gasteiger partial charge in [0, 0.05) is 20.1 Å². The molecule has 1 amide bonds. The second-order valence-corrected chi connectivity index (χ2v) is 3.44. The molecule has 6 nitrogen and oxygen atoms in total. The predicted molar refractivity (Wildman–Crippen MR) is 58.3 cm³/mol. The van der Waals surface area contributed by atoms with Crippen molar-refractivity contribution in [3.8, 4) is 0 Å². The van der Waals surface area contributed by atoms with Gasteiger partial charge in [0.15, 0.2) is 0 Å². The van der Waals surface area contributed by atoms with Crippen LogP contribution in [0.1, 0.15) is 10.5 Å². The quantitative estimate of drug-likeness (QED) is 0.762. The lowest BCUT2D eigenvalue weighted by Gasteiger charge is -2.26. The Morgan fingerprint density at radius 1 is 1.38 bits per heavy atom. The highest BCUT2D eigenvalue weighted by molar-refractivity contribution is 5.92. The zero-order valence-electron chi connectivity index (χ0n) is 9.14. The first-order valence-electron chi connectivity index (χ1n) is 5.18. The van der Waals surface area contributed by atoms with Crippen LogP contribution in [0.3, 0.4) is 0 Å². The molecule has 0 unspecified atom stereocenters. The van der Waals surface area contributed by atoms with Crippen molar-refractivity contribution in [2.75, 3.05) is 38.7 Å². The number of anilines is 1. The smallest absolute Gasteiger partial charge is 0.274 e. The Balaban J connectivity index is 2.07. The molecule has 1 saturated heterocycles. The highest BCUT2D eigenvalue weighted by Crippen LogP contribution is 2.05. The summed E-state index contributed by atoms with van der Waals surface area (Å²) < 4.78 is 5.18. The number of aromatic nitrogens is 2. The predicted octanol–water partition coefficient (Wildman–Crippen LogP) is -0.00930. The van der Waals surface area contributed by atoms with E-state index < -0.39 is 0 Å². The third kappa shape index (κ3) is 2.27. The van der Waals surface area contributed by atoms with Gasteiger partial charge in [-0.3, -0.25) is 4.79 Å². The molecule has 1 aromatic heterocycles. The van der Waals surface area contributed by atoms with E-state index in [4.69, 9.17) is 4.74 Å². The van der Waals surface area contributed by atoms with E-state index in [0.717, 1.165) is 0 Å². The summed E-state index contributed by atoms with van der Waals surface area (Å²) in [6.07, 6.45) is 3.04. The van der Waals surface area contributed by atoms with E-state index in [9.17, 15) is 4.79 Å². The van der Waals surface area contributed by atoms with E-state index in [2.05, 4.69) is 15.3 Å². The molecular weight excluding hydrogens is 208 g/mol. The highest BCUT2D eigenvalue weighted by Gasteiger charge is 2.19. The van der Waals surface area contributed by atoms with Crippen LogP contribution < -0.4 is 5.32 Å². The molecule has 2 rings (SSSR count). The van der Waals surface area contributed by atoms with Gasteiger partial charge in [-0.15, -0.1) is 0 Å². The van der Waals surface area contributed by atoms with Crippen LogP contribution in [0.25, 0.3) is 0 Å². The number of rotatable bonds is 2. The summed E-state index contributed by atoms with van der Waals surface area (Å²) in [7, 11) is 1.76. The molecule has 0 aromatic carbocycles. The Kier molecular flexibility index (Phi) is 3.31. The van der Waals surface area contributed by atoms with Crippen LogP contribution in [0.5, 0.6) is 0 Å². The number of ether oxygens (including phenoxy) is 1. The number of nitrogens with zero attached hydrogens (tertiary/aromatic N) is 3. The van der Waals surface area contributed by atoms with Crippen molar-refractivity contribution in [2.24, 2.45) is 0 Å². The third-order valence-electron chi connectivity index (χ3n) is 2.43. The first kappa shape index (κ1) is 10.8. The van der Waals surface area contributed by atoms with E-state index in [0.29, 0.717) is 37.8 Å². The van der Waals surface area contributed by atoms with Crippen LogP contribution in [0, 0.1) is 0 Å².